The highest BCUT2D eigenvalue weighted by molar-refractivity contribution is 5.69. The number of hydrogen-bond donors (Lipinski definition) is 3. The molecule has 0 aromatic heterocycles. The van der Waals surface area contributed by atoms with Gasteiger partial charge in [0.25, 0.3) is 0 Å². The van der Waals surface area contributed by atoms with Crippen LogP contribution in [0, 0.1) is 11.8 Å². The smallest absolute Gasteiger partial charge is 0.306 e. The number of aliphatic hydroxyl groups excluding tert-OH is 1. The first-order valence-electron chi connectivity index (χ1n) is 9.82. The quantitative estimate of drug-likeness (QED) is 0.360. The zero-order valence-electron chi connectivity index (χ0n) is 17.6. The van der Waals surface area contributed by atoms with Crippen molar-refractivity contribution in [1.29, 1.82) is 0 Å². The third-order valence-corrected chi connectivity index (χ3v) is 4.84. The summed E-state index contributed by atoms with van der Waals surface area (Å²) in [6, 6.07) is 0. The van der Waals surface area contributed by atoms with Crippen LogP contribution >= 0.6 is 0 Å². The molecule has 0 bridgehead atoms. The normalized spacial score (nSPS) is 16.1. The van der Waals surface area contributed by atoms with Crippen LogP contribution in [0.4, 0.5) is 0 Å². The second-order valence-electron chi connectivity index (χ2n) is 7.66. The molecule has 3 N–H and O–H groups in total. The standard InChI is InChI=1S/C12H24O2.C8H19NO2/c1-3-4-5-6-7-8-9-10-11(2)12(13)14;1-6(2)8(11,7(3)10)9(4)5/h11H,3-10H2,1-2H3,(H,13,14);6-7,10-11H,1-5H3. The van der Waals surface area contributed by atoms with Crippen LogP contribution in [0.5, 0.6) is 0 Å². The van der Waals surface area contributed by atoms with E-state index in [1.54, 1.807) is 32.8 Å². The fourth-order valence-corrected chi connectivity index (χ4v) is 2.90. The van der Waals surface area contributed by atoms with Crippen LogP contribution in [-0.2, 0) is 4.79 Å². The number of carboxylic acids is 1. The summed E-state index contributed by atoms with van der Waals surface area (Å²) >= 11 is 0. The predicted molar refractivity (Wildman–Crippen MR) is 105 cm³/mol. The first kappa shape index (κ1) is 26.6. The van der Waals surface area contributed by atoms with Gasteiger partial charge in [-0.2, -0.15) is 0 Å². The first-order valence-corrected chi connectivity index (χ1v) is 9.82. The molecule has 0 fully saturated rings. The summed E-state index contributed by atoms with van der Waals surface area (Å²) in [6.45, 7) is 9.37. The van der Waals surface area contributed by atoms with E-state index in [9.17, 15) is 15.0 Å². The molecular formula is C20H43NO4. The topological polar surface area (TPSA) is 81.0 Å². The molecule has 0 saturated carbocycles. The van der Waals surface area contributed by atoms with Crippen molar-refractivity contribution in [1.82, 2.24) is 4.90 Å². The Bertz CT molecular complexity index is 308. The van der Waals surface area contributed by atoms with Gasteiger partial charge >= 0.3 is 5.97 Å². The Kier molecular flexibility index (Phi) is 15.4. The maximum absolute atomic E-state index is 10.5. The molecule has 0 aromatic rings. The molecule has 0 spiro atoms. The van der Waals surface area contributed by atoms with Crippen molar-refractivity contribution < 1.29 is 20.1 Å². The lowest BCUT2D eigenvalue weighted by molar-refractivity contribution is -0.183. The molecule has 0 aliphatic rings. The molecule has 25 heavy (non-hydrogen) atoms. The van der Waals surface area contributed by atoms with Crippen LogP contribution in [0.25, 0.3) is 0 Å². The van der Waals surface area contributed by atoms with Gasteiger partial charge < -0.3 is 15.3 Å². The predicted octanol–water partition coefficient (Wildman–Crippen LogP) is 4.12. The Balaban J connectivity index is 0. The minimum Gasteiger partial charge on any atom is -0.481 e. The Morgan fingerprint density at radius 3 is 1.68 bits per heavy atom. The molecule has 3 atom stereocenters. The molecule has 0 radical (unpaired) electrons. The molecule has 5 nitrogen and oxygen atoms in total. The van der Waals surface area contributed by atoms with Gasteiger partial charge in [0.2, 0.25) is 0 Å². The number of rotatable bonds is 12. The largest absolute Gasteiger partial charge is 0.481 e. The zero-order valence-corrected chi connectivity index (χ0v) is 17.6. The Morgan fingerprint density at radius 1 is 0.960 bits per heavy atom. The Labute approximate surface area is 155 Å². The lowest BCUT2D eigenvalue weighted by Gasteiger charge is -2.40. The van der Waals surface area contributed by atoms with Crippen LogP contribution in [0.1, 0.15) is 86.0 Å². The van der Waals surface area contributed by atoms with E-state index in [0.717, 1.165) is 12.8 Å². The van der Waals surface area contributed by atoms with Crippen molar-refractivity contribution in [3.8, 4) is 0 Å². The summed E-state index contributed by atoms with van der Waals surface area (Å²) in [4.78, 5) is 12.1. The highest BCUT2D eigenvalue weighted by atomic mass is 16.4. The van der Waals surface area contributed by atoms with Gasteiger partial charge in [0, 0.05) is 0 Å². The van der Waals surface area contributed by atoms with E-state index >= 15 is 0 Å². The van der Waals surface area contributed by atoms with Crippen molar-refractivity contribution in [2.24, 2.45) is 11.8 Å². The molecule has 152 valence electrons. The van der Waals surface area contributed by atoms with Crippen molar-refractivity contribution in [3.05, 3.63) is 0 Å². The number of aliphatic hydroxyl groups is 2. The van der Waals surface area contributed by atoms with E-state index in [1.165, 1.54) is 38.5 Å². The number of unbranched alkanes of at least 4 members (excludes halogenated alkanes) is 6. The number of hydrogen-bond acceptors (Lipinski definition) is 4. The van der Waals surface area contributed by atoms with Gasteiger partial charge in [-0.3, -0.25) is 9.69 Å². The molecule has 0 rings (SSSR count). The first-order chi connectivity index (χ1) is 11.5. The number of aliphatic carboxylic acids is 1. The van der Waals surface area contributed by atoms with Gasteiger partial charge in [0.1, 0.15) is 5.72 Å². The molecule has 0 saturated heterocycles. The van der Waals surface area contributed by atoms with Crippen LogP contribution in [0.3, 0.4) is 0 Å². The highest BCUT2D eigenvalue weighted by Gasteiger charge is 2.38. The molecule has 5 heteroatoms. The minimum atomic E-state index is -1.11. The second kappa shape index (κ2) is 14.5. The molecule has 3 unspecified atom stereocenters. The van der Waals surface area contributed by atoms with Gasteiger partial charge in [-0.15, -0.1) is 0 Å². The van der Waals surface area contributed by atoms with Crippen molar-refractivity contribution >= 4 is 5.97 Å². The third-order valence-electron chi connectivity index (χ3n) is 4.84. The van der Waals surface area contributed by atoms with Crippen molar-refractivity contribution in [3.63, 3.8) is 0 Å². The average Bonchev–Trinajstić information content (AvgIpc) is 2.52. The zero-order chi connectivity index (χ0) is 20.0. The van der Waals surface area contributed by atoms with E-state index in [-0.39, 0.29) is 11.8 Å². The number of likely N-dealkylation sites (N-methyl/N-ethyl adjacent to an activating group) is 1. The molecule has 0 aromatic carbocycles. The van der Waals surface area contributed by atoms with Crippen LogP contribution in [0.2, 0.25) is 0 Å². The third kappa shape index (κ3) is 11.6. The fourth-order valence-electron chi connectivity index (χ4n) is 2.90. The summed E-state index contributed by atoms with van der Waals surface area (Å²) in [5, 5.41) is 27.9. The molecule has 0 amide bonds. The molecule has 0 aliphatic heterocycles. The van der Waals surface area contributed by atoms with E-state index in [4.69, 9.17) is 5.11 Å². The summed E-state index contributed by atoms with van der Waals surface area (Å²) in [5.74, 6) is -0.806. The van der Waals surface area contributed by atoms with Crippen LogP contribution in [0.15, 0.2) is 0 Å². The lowest BCUT2D eigenvalue weighted by atomic mass is 9.93. The van der Waals surface area contributed by atoms with E-state index < -0.39 is 17.8 Å². The second-order valence-corrected chi connectivity index (χ2v) is 7.66. The van der Waals surface area contributed by atoms with Gasteiger partial charge in [0.05, 0.1) is 12.0 Å². The van der Waals surface area contributed by atoms with Crippen LogP contribution < -0.4 is 0 Å². The molecule has 0 aliphatic carbocycles. The van der Waals surface area contributed by atoms with Gasteiger partial charge in [-0.25, -0.2) is 0 Å². The van der Waals surface area contributed by atoms with E-state index in [0.29, 0.717) is 0 Å². The Hall–Kier alpha value is -0.650. The molecular weight excluding hydrogens is 318 g/mol. The van der Waals surface area contributed by atoms with Gasteiger partial charge in [0.15, 0.2) is 0 Å². The fraction of sp³-hybridized carbons (Fsp3) is 0.950. The van der Waals surface area contributed by atoms with Crippen molar-refractivity contribution in [2.45, 2.75) is 97.8 Å². The van der Waals surface area contributed by atoms with Crippen molar-refractivity contribution in [2.75, 3.05) is 14.1 Å². The lowest BCUT2D eigenvalue weighted by Crippen LogP contribution is -2.56. The Morgan fingerprint density at radius 2 is 1.40 bits per heavy atom. The minimum absolute atomic E-state index is 0.0116. The summed E-state index contributed by atoms with van der Waals surface area (Å²) in [5.41, 5.74) is -1.11. The number of nitrogens with zero attached hydrogens (tertiary/aromatic N) is 1. The number of carboxylic acid groups (broad SMARTS) is 1. The summed E-state index contributed by atoms with van der Waals surface area (Å²) in [6.07, 6.45) is 8.91. The van der Waals surface area contributed by atoms with Gasteiger partial charge in [-0.05, 0) is 33.4 Å². The number of carbonyl (C=O) groups is 1. The van der Waals surface area contributed by atoms with E-state index in [1.807, 2.05) is 13.8 Å². The summed E-state index contributed by atoms with van der Waals surface area (Å²) < 4.78 is 0. The van der Waals surface area contributed by atoms with Gasteiger partial charge in [-0.1, -0.05) is 72.6 Å². The summed E-state index contributed by atoms with van der Waals surface area (Å²) in [7, 11) is 3.51. The maximum atomic E-state index is 10.5. The molecule has 0 heterocycles. The highest BCUT2D eigenvalue weighted by Crippen LogP contribution is 2.23. The monoisotopic (exact) mass is 361 g/mol. The van der Waals surface area contributed by atoms with Crippen LogP contribution in [-0.4, -0.2) is 52.1 Å². The van der Waals surface area contributed by atoms with E-state index in [2.05, 4.69) is 6.92 Å². The maximum Gasteiger partial charge on any atom is 0.306 e. The SMILES string of the molecule is CC(C)C(O)(C(C)O)N(C)C.CCCCCCCCCC(C)C(=O)O. The average molecular weight is 362 g/mol.